The quantitative estimate of drug-likeness (QED) is 0.266. The number of hydrogen-bond acceptors (Lipinski definition) is 3. The first-order chi connectivity index (χ1) is 15.0. The molecular formula is C28H22N2S. The lowest BCUT2D eigenvalue weighted by Crippen LogP contribution is -2.10. The molecule has 6 aromatic rings. The molecule has 0 aliphatic carbocycles. The molecule has 2 nitrogen and oxygen atoms in total. The van der Waals surface area contributed by atoms with Crippen LogP contribution < -0.4 is 0 Å². The van der Waals surface area contributed by atoms with Gasteiger partial charge >= 0.3 is 0 Å². The van der Waals surface area contributed by atoms with Crippen molar-refractivity contribution >= 4 is 43.8 Å². The standard InChI is InChI=1S/C28H22N2S/c1-28(2,3)23-13-11-19(12-14-23)26-29-27(31-30-26)22-15-20-9-7-17-5-4-6-18-8-10-21(16-22)25(20)24(17)18/h4-16H,1-3H3. The van der Waals surface area contributed by atoms with E-state index in [1.54, 1.807) is 0 Å². The van der Waals surface area contributed by atoms with Crippen molar-refractivity contribution < 1.29 is 0 Å². The van der Waals surface area contributed by atoms with Crippen LogP contribution in [0, 0.1) is 0 Å². The molecule has 0 amide bonds. The van der Waals surface area contributed by atoms with E-state index < -0.39 is 0 Å². The summed E-state index contributed by atoms with van der Waals surface area (Å²) in [6.45, 7) is 6.69. The van der Waals surface area contributed by atoms with E-state index in [-0.39, 0.29) is 5.41 Å². The fourth-order valence-electron chi connectivity index (χ4n) is 4.45. The van der Waals surface area contributed by atoms with Gasteiger partial charge in [-0.1, -0.05) is 87.5 Å². The minimum absolute atomic E-state index is 0.142. The molecule has 0 atom stereocenters. The summed E-state index contributed by atoms with van der Waals surface area (Å²) in [5, 5.41) is 8.73. The van der Waals surface area contributed by atoms with Gasteiger partial charge in [-0.05, 0) is 67.0 Å². The predicted molar refractivity (Wildman–Crippen MR) is 133 cm³/mol. The van der Waals surface area contributed by atoms with Gasteiger partial charge in [0.15, 0.2) is 5.82 Å². The summed E-state index contributed by atoms with van der Waals surface area (Å²) < 4.78 is 4.66. The summed E-state index contributed by atoms with van der Waals surface area (Å²) in [6.07, 6.45) is 0. The van der Waals surface area contributed by atoms with Crippen LogP contribution in [-0.4, -0.2) is 9.36 Å². The van der Waals surface area contributed by atoms with Gasteiger partial charge in [-0.3, -0.25) is 0 Å². The molecule has 0 saturated carbocycles. The van der Waals surface area contributed by atoms with Crippen molar-refractivity contribution in [1.29, 1.82) is 0 Å². The molecule has 0 radical (unpaired) electrons. The Balaban J connectivity index is 1.45. The molecule has 0 bridgehead atoms. The molecule has 0 N–H and O–H groups in total. The Kier molecular flexibility index (Phi) is 3.93. The molecule has 0 spiro atoms. The number of aromatic nitrogens is 2. The Morgan fingerprint density at radius 3 is 1.84 bits per heavy atom. The van der Waals surface area contributed by atoms with Gasteiger partial charge in [-0.2, -0.15) is 4.37 Å². The second-order valence-corrected chi connectivity index (χ2v) is 10.0. The third-order valence-corrected chi connectivity index (χ3v) is 6.91. The van der Waals surface area contributed by atoms with Crippen LogP contribution >= 0.6 is 11.5 Å². The van der Waals surface area contributed by atoms with Gasteiger partial charge in [0.25, 0.3) is 0 Å². The van der Waals surface area contributed by atoms with Crippen LogP contribution in [0.15, 0.2) is 78.9 Å². The SMILES string of the molecule is CC(C)(C)c1ccc(-c2nsc(-c3cc4ccc5cccc6ccc(c3)c4c56)n2)cc1. The average molecular weight is 419 g/mol. The monoisotopic (exact) mass is 418 g/mol. The fourth-order valence-corrected chi connectivity index (χ4v) is 5.12. The van der Waals surface area contributed by atoms with E-state index in [1.165, 1.54) is 49.4 Å². The number of rotatable bonds is 2. The second-order valence-electron chi connectivity index (χ2n) is 9.26. The first kappa shape index (κ1) is 18.5. The first-order valence-corrected chi connectivity index (χ1v) is 11.4. The summed E-state index contributed by atoms with van der Waals surface area (Å²) >= 11 is 1.47. The van der Waals surface area contributed by atoms with Crippen LogP contribution in [0.3, 0.4) is 0 Å². The Morgan fingerprint density at radius 1 is 0.645 bits per heavy atom. The molecule has 31 heavy (non-hydrogen) atoms. The highest BCUT2D eigenvalue weighted by atomic mass is 32.1. The molecular weight excluding hydrogens is 396 g/mol. The molecule has 1 aromatic heterocycles. The van der Waals surface area contributed by atoms with E-state index in [0.29, 0.717) is 0 Å². The van der Waals surface area contributed by atoms with Gasteiger partial charge in [-0.15, -0.1) is 0 Å². The Hall–Kier alpha value is -3.30. The van der Waals surface area contributed by atoms with Crippen LogP contribution in [0.4, 0.5) is 0 Å². The van der Waals surface area contributed by atoms with Crippen LogP contribution in [0.25, 0.3) is 54.3 Å². The second kappa shape index (κ2) is 6.60. The average Bonchev–Trinajstić information content (AvgIpc) is 3.27. The van der Waals surface area contributed by atoms with Crippen molar-refractivity contribution in [1.82, 2.24) is 9.36 Å². The van der Waals surface area contributed by atoms with Crippen molar-refractivity contribution in [3.63, 3.8) is 0 Å². The van der Waals surface area contributed by atoms with Crippen molar-refractivity contribution in [2.24, 2.45) is 0 Å². The smallest absolute Gasteiger partial charge is 0.173 e. The Bertz CT molecular complexity index is 1490. The van der Waals surface area contributed by atoms with Crippen molar-refractivity contribution in [3.05, 3.63) is 84.4 Å². The highest BCUT2D eigenvalue weighted by molar-refractivity contribution is 7.09. The summed E-state index contributed by atoms with van der Waals surface area (Å²) in [7, 11) is 0. The Labute approximate surface area is 185 Å². The summed E-state index contributed by atoms with van der Waals surface area (Å²) in [5.74, 6) is 0.797. The van der Waals surface area contributed by atoms with E-state index in [2.05, 4.69) is 104 Å². The van der Waals surface area contributed by atoms with Crippen LogP contribution in [0.2, 0.25) is 0 Å². The lowest BCUT2D eigenvalue weighted by atomic mass is 9.87. The van der Waals surface area contributed by atoms with E-state index in [9.17, 15) is 0 Å². The zero-order valence-electron chi connectivity index (χ0n) is 17.8. The summed E-state index contributed by atoms with van der Waals surface area (Å²) in [4.78, 5) is 4.89. The molecule has 0 aliphatic rings. The fraction of sp³-hybridized carbons (Fsp3) is 0.143. The Morgan fingerprint density at radius 2 is 1.23 bits per heavy atom. The molecule has 0 aliphatic heterocycles. The van der Waals surface area contributed by atoms with Gasteiger partial charge in [0.05, 0.1) is 0 Å². The summed E-state index contributed by atoms with van der Waals surface area (Å²) in [5.41, 5.74) is 3.65. The number of nitrogens with zero attached hydrogens (tertiary/aromatic N) is 2. The lowest BCUT2D eigenvalue weighted by molar-refractivity contribution is 0.590. The number of hydrogen-bond donors (Lipinski definition) is 0. The van der Waals surface area contributed by atoms with Gasteiger partial charge in [0.1, 0.15) is 5.01 Å². The molecule has 3 heteroatoms. The van der Waals surface area contributed by atoms with Crippen molar-refractivity contribution in [3.8, 4) is 22.0 Å². The van der Waals surface area contributed by atoms with E-state index in [0.717, 1.165) is 22.0 Å². The summed E-state index contributed by atoms with van der Waals surface area (Å²) in [6, 6.07) is 28.5. The molecule has 0 unspecified atom stereocenters. The maximum absolute atomic E-state index is 4.89. The molecule has 1 heterocycles. The lowest BCUT2D eigenvalue weighted by Gasteiger charge is -2.18. The van der Waals surface area contributed by atoms with Gasteiger partial charge in [-0.25, -0.2) is 4.98 Å². The van der Waals surface area contributed by atoms with E-state index in [4.69, 9.17) is 4.98 Å². The zero-order valence-corrected chi connectivity index (χ0v) is 18.6. The van der Waals surface area contributed by atoms with E-state index in [1.807, 2.05) is 0 Å². The third-order valence-electron chi connectivity index (χ3n) is 6.15. The first-order valence-electron chi connectivity index (χ1n) is 10.6. The van der Waals surface area contributed by atoms with E-state index >= 15 is 0 Å². The van der Waals surface area contributed by atoms with Crippen molar-refractivity contribution in [2.75, 3.05) is 0 Å². The third kappa shape index (κ3) is 3.00. The topological polar surface area (TPSA) is 25.8 Å². The van der Waals surface area contributed by atoms with Crippen molar-refractivity contribution in [2.45, 2.75) is 26.2 Å². The minimum Gasteiger partial charge on any atom is -0.215 e. The highest BCUT2D eigenvalue weighted by Gasteiger charge is 2.15. The normalized spacial score (nSPS) is 12.4. The molecule has 0 fully saturated rings. The minimum atomic E-state index is 0.142. The predicted octanol–water partition coefficient (Wildman–Crippen LogP) is 8.07. The largest absolute Gasteiger partial charge is 0.215 e. The zero-order chi connectivity index (χ0) is 21.2. The molecule has 6 rings (SSSR count). The van der Waals surface area contributed by atoms with Gasteiger partial charge in [0, 0.05) is 11.1 Å². The number of benzene rings is 5. The maximum atomic E-state index is 4.89. The molecule has 5 aromatic carbocycles. The van der Waals surface area contributed by atoms with Gasteiger partial charge < -0.3 is 0 Å². The highest BCUT2D eigenvalue weighted by Crippen LogP contribution is 2.38. The van der Waals surface area contributed by atoms with Gasteiger partial charge in [0.2, 0.25) is 0 Å². The maximum Gasteiger partial charge on any atom is 0.173 e. The molecule has 0 saturated heterocycles. The molecule has 150 valence electrons. The van der Waals surface area contributed by atoms with Crippen LogP contribution in [0.5, 0.6) is 0 Å². The van der Waals surface area contributed by atoms with Crippen LogP contribution in [0.1, 0.15) is 26.3 Å². The van der Waals surface area contributed by atoms with Crippen LogP contribution in [-0.2, 0) is 5.41 Å².